The highest BCUT2D eigenvalue weighted by molar-refractivity contribution is 8.14. The maximum Gasteiger partial charge on any atom is 0.289 e. The topological polar surface area (TPSA) is 74.7 Å². The van der Waals surface area contributed by atoms with Gasteiger partial charge in [0.15, 0.2) is 5.78 Å². The van der Waals surface area contributed by atoms with Gasteiger partial charge in [-0.05, 0) is 105 Å². The van der Waals surface area contributed by atoms with Crippen LogP contribution in [0.5, 0.6) is 0 Å². The van der Waals surface area contributed by atoms with Gasteiger partial charge in [-0.1, -0.05) is 18.7 Å². The number of carbonyl (C=O) groups excluding carboxylic acids is 3. The maximum absolute atomic E-state index is 13.6. The third kappa shape index (κ3) is 2.18. The lowest BCUT2D eigenvalue weighted by atomic mass is 9.49. The van der Waals surface area contributed by atoms with Crippen LogP contribution in [-0.2, 0) is 9.59 Å². The number of amides is 2. The summed E-state index contributed by atoms with van der Waals surface area (Å²) in [5, 5.41) is 10.4. The Morgan fingerprint density at radius 3 is 2.48 bits per heavy atom. The van der Waals surface area contributed by atoms with E-state index in [1.807, 2.05) is 6.92 Å². The molecule has 2 bridgehead atoms. The van der Waals surface area contributed by atoms with Gasteiger partial charge in [0, 0.05) is 5.41 Å². The van der Waals surface area contributed by atoms with Gasteiger partial charge in [-0.15, -0.1) is 0 Å². The number of hydrogen-bond donors (Lipinski definition) is 1. The highest BCUT2D eigenvalue weighted by Gasteiger charge is 2.99. The summed E-state index contributed by atoms with van der Waals surface area (Å²) in [5.41, 5.74) is -0.638. The monoisotopic (exact) mass is 443 g/mol. The van der Waals surface area contributed by atoms with Crippen LogP contribution in [0.4, 0.5) is 4.79 Å². The van der Waals surface area contributed by atoms with Crippen LogP contribution in [0.15, 0.2) is 0 Å². The van der Waals surface area contributed by atoms with E-state index < -0.39 is 5.60 Å². The number of imide groups is 1. The maximum atomic E-state index is 13.6. The smallest absolute Gasteiger partial charge is 0.289 e. The SMILES string of the molecule is C[C@@]1(O)CC[C@H]2[C@H](CC[C@@H]3[C@@H]2CC[C@@]2(C)[C@H]3C3C4[C@@H]3C42C(=O)CN2C(=O)CSC2=O)C1. The number of carbonyl (C=O) groups is 3. The third-order valence-corrected chi connectivity index (χ3v) is 12.3. The van der Waals surface area contributed by atoms with Gasteiger partial charge in [-0.3, -0.25) is 19.3 Å². The molecule has 6 heteroatoms. The van der Waals surface area contributed by atoms with E-state index in [0.29, 0.717) is 23.7 Å². The Morgan fingerprint density at radius 2 is 1.77 bits per heavy atom. The van der Waals surface area contributed by atoms with Crippen LogP contribution < -0.4 is 0 Å². The van der Waals surface area contributed by atoms with Gasteiger partial charge in [0.1, 0.15) is 0 Å². The van der Waals surface area contributed by atoms with E-state index in [1.54, 1.807) is 0 Å². The van der Waals surface area contributed by atoms with Crippen molar-refractivity contribution in [1.82, 2.24) is 4.90 Å². The van der Waals surface area contributed by atoms with Crippen LogP contribution in [-0.4, -0.2) is 44.8 Å². The first kappa shape index (κ1) is 19.6. The molecule has 0 radical (unpaired) electrons. The summed E-state index contributed by atoms with van der Waals surface area (Å²) in [6, 6.07) is 0. The Hall–Kier alpha value is -0.880. The zero-order chi connectivity index (χ0) is 21.5. The first-order valence-electron chi connectivity index (χ1n) is 12.4. The molecule has 2 amide bonds. The minimum absolute atomic E-state index is 0.0145. The molecule has 0 aromatic heterocycles. The molecule has 1 aliphatic heterocycles. The molecule has 5 nitrogen and oxygen atoms in total. The molecule has 3 unspecified atom stereocenters. The van der Waals surface area contributed by atoms with Gasteiger partial charge in [0.25, 0.3) is 5.24 Å². The average molecular weight is 444 g/mol. The summed E-state index contributed by atoms with van der Waals surface area (Å²) >= 11 is 1.03. The zero-order valence-electron chi connectivity index (χ0n) is 18.5. The van der Waals surface area contributed by atoms with E-state index in [-0.39, 0.29) is 40.1 Å². The predicted octanol–water partition coefficient (Wildman–Crippen LogP) is 3.74. The molecule has 1 heterocycles. The van der Waals surface area contributed by atoms with E-state index in [0.717, 1.165) is 54.7 Å². The standard InChI is InChI=1S/C25H33NO4S/c1-23(30)7-5-13-12(9-23)3-4-15-14(13)6-8-24(2)19(15)18-20-21(18)25(20,24)16(27)10-26-17(28)11-31-22(26)29/h12-15,18-21,30H,3-11H2,1-2H3/t12-,13+,14-,15-,18?,19-,20-,21?,23-,24+,25?/m1/s1. The van der Waals surface area contributed by atoms with E-state index in [2.05, 4.69) is 6.92 Å². The molecule has 8 aliphatic rings. The van der Waals surface area contributed by atoms with Crippen molar-refractivity contribution >= 4 is 28.7 Å². The van der Waals surface area contributed by atoms with Crippen molar-refractivity contribution in [2.45, 2.75) is 64.4 Å². The number of thioether (sulfide) groups is 1. The van der Waals surface area contributed by atoms with Crippen molar-refractivity contribution < 1.29 is 19.5 Å². The van der Waals surface area contributed by atoms with Crippen molar-refractivity contribution in [2.24, 2.45) is 58.2 Å². The normalized spacial score (nSPS) is 58.4. The lowest BCUT2D eigenvalue weighted by Crippen LogP contribution is -2.52. The zero-order valence-corrected chi connectivity index (χ0v) is 19.3. The summed E-state index contributed by atoms with van der Waals surface area (Å²) in [7, 11) is 0. The molecule has 11 atom stereocenters. The van der Waals surface area contributed by atoms with Crippen LogP contribution >= 0.6 is 11.8 Å². The summed E-state index contributed by atoms with van der Waals surface area (Å²) in [6.45, 7) is 4.43. The fourth-order valence-electron chi connectivity index (χ4n) is 10.5. The molecule has 31 heavy (non-hydrogen) atoms. The molecular weight excluding hydrogens is 410 g/mol. The number of aliphatic hydroxyl groups is 1. The van der Waals surface area contributed by atoms with Crippen LogP contribution in [0.1, 0.15) is 58.8 Å². The summed E-state index contributed by atoms with van der Waals surface area (Å²) < 4.78 is 0. The molecule has 0 spiro atoms. The number of fused-ring (bicyclic) bond motifs is 3. The molecule has 7 aliphatic carbocycles. The highest BCUT2D eigenvalue weighted by atomic mass is 32.2. The van der Waals surface area contributed by atoms with Gasteiger partial charge in [0.2, 0.25) is 5.91 Å². The van der Waals surface area contributed by atoms with E-state index in [1.165, 1.54) is 30.6 Å². The Kier molecular flexibility index (Phi) is 3.65. The first-order chi connectivity index (χ1) is 14.7. The number of Topliss-reactive ketones (excluding diaryl/α,β-unsaturated/α-hetero) is 1. The summed E-state index contributed by atoms with van der Waals surface area (Å²) in [5.74, 6) is 5.61. The minimum atomic E-state index is -0.477. The summed E-state index contributed by atoms with van der Waals surface area (Å²) in [4.78, 5) is 39.0. The van der Waals surface area contributed by atoms with Crippen LogP contribution in [0.3, 0.4) is 0 Å². The fourth-order valence-corrected chi connectivity index (χ4v) is 11.2. The van der Waals surface area contributed by atoms with Crippen molar-refractivity contribution in [3.05, 3.63) is 0 Å². The predicted molar refractivity (Wildman–Crippen MR) is 116 cm³/mol. The van der Waals surface area contributed by atoms with Gasteiger partial charge in [-0.2, -0.15) is 0 Å². The summed E-state index contributed by atoms with van der Waals surface area (Å²) in [6.07, 6.45) is 7.93. The molecule has 1 N–H and O–H groups in total. The van der Waals surface area contributed by atoms with Crippen LogP contribution in [0.2, 0.25) is 0 Å². The largest absolute Gasteiger partial charge is 0.390 e. The van der Waals surface area contributed by atoms with Crippen LogP contribution in [0.25, 0.3) is 0 Å². The highest BCUT2D eigenvalue weighted by Crippen LogP contribution is 2.99. The quantitative estimate of drug-likeness (QED) is 0.719. The van der Waals surface area contributed by atoms with Gasteiger partial charge < -0.3 is 5.11 Å². The molecule has 7 saturated carbocycles. The van der Waals surface area contributed by atoms with Crippen LogP contribution in [0, 0.1) is 58.2 Å². The van der Waals surface area contributed by atoms with E-state index in [9.17, 15) is 19.5 Å². The van der Waals surface area contributed by atoms with Crippen molar-refractivity contribution in [2.75, 3.05) is 12.3 Å². The molecule has 0 aromatic carbocycles. The molecule has 8 rings (SSSR count). The second kappa shape index (κ2) is 5.78. The van der Waals surface area contributed by atoms with Gasteiger partial charge in [0.05, 0.1) is 17.9 Å². The fraction of sp³-hybridized carbons (Fsp3) is 0.880. The van der Waals surface area contributed by atoms with E-state index in [4.69, 9.17) is 0 Å². The second-order valence-corrected chi connectivity index (χ2v) is 13.4. The molecule has 8 fully saturated rings. The number of rotatable bonds is 3. The molecule has 1 saturated heterocycles. The number of ketones is 1. The Bertz CT molecular complexity index is 889. The Morgan fingerprint density at radius 1 is 1.03 bits per heavy atom. The van der Waals surface area contributed by atoms with Gasteiger partial charge >= 0.3 is 0 Å². The van der Waals surface area contributed by atoms with E-state index >= 15 is 0 Å². The molecule has 0 aromatic rings. The van der Waals surface area contributed by atoms with Crippen molar-refractivity contribution in [3.63, 3.8) is 0 Å². The Labute approximate surface area is 188 Å². The molecular formula is C25H33NO4S. The van der Waals surface area contributed by atoms with Crippen molar-refractivity contribution in [3.8, 4) is 0 Å². The average Bonchev–Trinajstić information content (AvgIpc) is 3.53. The lowest BCUT2D eigenvalue weighted by Gasteiger charge is -2.56. The number of nitrogens with zero attached hydrogens (tertiary/aromatic N) is 1. The van der Waals surface area contributed by atoms with Crippen molar-refractivity contribution in [1.29, 1.82) is 0 Å². The first-order valence-corrected chi connectivity index (χ1v) is 13.4. The third-order valence-electron chi connectivity index (χ3n) is 11.5. The van der Waals surface area contributed by atoms with Gasteiger partial charge in [-0.25, -0.2) is 0 Å². The number of hydrogen-bond acceptors (Lipinski definition) is 5. The second-order valence-electron chi connectivity index (χ2n) is 12.5. The molecule has 168 valence electrons. The Balaban J connectivity index is 1.14. The lowest BCUT2D eigenvalue weighted by molar-refractivity contribution is -0.139. The minimum Gasteiger partial charge on any atom is -0.390 e.